The molecule has 5 nitrogen and oxygen atoms in total. The lowest BCUT2D eigenvalue weighted by atomic mass is 9.85. The van der Waals surface area contributed by atoms with Gasteiger partial charge in [0.05, 0.1) is 40.6 Å². The van der Waals surface area contributed by atoms with Crippen LogP contribution in [0.4, 0.5) is 0 Å². The first-order valence-electron chi connectivity index (χ1n) is 19.8. The van der Waals surface area contributed by atoms with Gasteiger partial charge < -0.3 is 23.4 Å². The number of ether oxygens (including phenoxy) is 4. The predicted molar refractivity (Wildman–Crippen MR) is 227 cm³/mol. The average molecular weight is 739 g/mol. The van der Waals surface area contributed by atoms with Crippen LogP contribution in [-0.4, -0.2) is 48.5 Å². The second-order valence-electron chi connectivity index (χ2n) is 16.6. The van der Waals surface area contributed by atoms with Crippen LogP contribution >= 0.6 is 0 Å². The lowest BCUT2D eigenvalue weighted by Gasteiger charge is -2.42. The van der Waals surface area contributed by atoms with Crippen molar-refractivity contribution in [3.8, 4) is 11.5 Å². The molecule has 0 unspecified atom stereocenters. The largest absolute Gasteiger partial charge is 0.493 e. The van der Waals surface area contributed by atoms with Gasteiger partial charge in [0.2, 0.25) is 0 Å². The van der Waals surface area contributed by atoms with E-state index in [2.05, 4.69) is 120 Å². The Bertz CT molecular complexity index is 1270. The van der Waals surface area contributed by atoms with Crippen LogP contribution in [0.2, 0.25) is 16.6 Å². The van der Waals surface area contributed by atoms with Crippen LogP contribution in [0.3, 0.4) is 0 Å². The van der Waals surface area contributed by atoms with Crippen LogP contribution in [0.25, 0.3) is 0 Å². The molecule has 0 saturated carbocycles. The average Bonchev–Trinajstić information content (AvgIpc) is 3.07. The summed E-state index contributed by atoms with van der Waals surface area (Å²) in [6.45, 7) is 33.7. The van der Waals surface area contributed by atoms with Crippen molar-refractivity contribution in [1.82, 2.24) is 0 Å². The topological polar surface area (TPSA) is 46.2 Å². The van der Waals surface area contributed by atoms with Gasteiger partial charge in [-0.3, -0.25) is 0 Å². The van der Waals surface area contributed by atoms with Crippen molar-refractivity contribution in [3.63, 3.8) is 0 Å². The summed E-state index contributed by atoms with van der Waals surface area (Å²) in [6, 6.07) is 5.89. The molecule has 0 aromatic heterocycles. The summed E-state index contributed by atoms with van der Waals surface area (Å²) in [4.78, 5) is 0. The van der Waals surface area contributed by atoms with E-state index in [9.17, 15) is 0 Å². The van der Waals surface area contributed by atoms with Gasteiger partial charge in [-0.2, -0.15) is 0 Å². The zero-order valence-electron chi connectivity index (χ0n) is 36.0. The Morgan fingerprint density at radius 3 is 2.00 bits per heavy atom. The Hall–Kier alpha value is -2.38. The van der Waals surface area contributed by atoms with Crippen molar-refractivity contribution in [2.75, 3.05) is 34.0 Å². The molecule has 0 N–H and O–H groups in total. The molecular formula is C46H78O5Si. The van der Waals surface area contributed by atoms with E-state index in [0.717, 1.165) is 50.5 Å². The minimum Gasteiger partial charge on any atom is -0.493 e. The van der Waals surface area contributed by atoms with Crippen LogP contribution in [-0.2, 0) is 20.5 Å². The number of hydrogen-bond donors (Lipinski definition) is 0. The van der Waals surface area contributed by atoms with Crippen LogP contribution in [0, 0.1) is 5.41 Å². The van der Waals surface area contributed by atoms with Crippen LogP contribution in [0.1, 0.15) is 134 Å². The molecule has 0 aliphatic carbocycles. The maximum absolute atomic E-state index is 6.95. The molecule has 1 aromatic rings. The summed E-state index contributed by atoms with van der Waals surface area (Å²) < 4.78 is 30.5. The summed E-state index contributed by atoms with van der Waals surface area (Å²) in [5.41, 5.74) is 8.21. The van der Waals surface area contributed by atoms with E-state index in [1.807, 2.05) is 18.2 Å². The molecule has 0 radical (unpaired) electrons. The Kier molecular flexibility index (Phi) is 22.8. The molecule has 0 spiro atoms. The zero-order chi connectivity index (χ0) is 39.3. The van der Waals surface area contributed by atoms with Gasteiger partial charge in [-0.1, -0.05) is 121 Å². The highest BCUT2D eigenvalue weighted by molar-refractivity contribution is 6.77. The van der Waals surface area contributed by atoms with Crippen molar-refractivity contribution in [2.24, 2.45) is 5.41 Å². The molecule has 0 aliphatic rings. The van der Waals surface area contributed by atoms with E-state index >= 15 is 0 Å². The van der Waals surface area contributed by atoms with E-state index in [0.29, 0.717) is 54.6 Å². The second-order valence-corrected chi connectivity index (χ2v) is 22.1. The van der Waals surface area contributed by atoms with E-state index in [1.165, 1.54) is 22.3 Å². The fraction of sp³-hybridized carbons (Fsp3) is 0.652. The summed E-state index contributed by atoms with van der Waals surface area (Å²) >= 11 is 0. The number of allylic oxidation sites excluding steroid dienone is 8. The molecule has 1 atom stereocenters. The maximum atomic E-state index is 6.95. The van der Waals surface area contributed by atoms with Crippen molar-refractivity contribution >= 4 is 8.32 Å². The fourth-order valence-corrected chi connectivity index (χ4v) is 12.5. The number of rotatable bonds is 27. The molecule has 0 amide bonds. The van der Waals surface area contributed by atoms with Crippen LogP contribution in [0.15, 0.2) is 77.5 Å². The summed E-state index contributed by atoms with van der Waals surface area (Å²) in [5, 5.41) is 0. The highest BCUT2D eigenvalue weighted by Crippen LogP contribution is 2.42. The van der Waals surface area contributed by atoms with Crippen LogP contribution < -0.4 is 9.47 Å². The van der Waals surface area contributed by atoms with Crippen LogP contribution in [0.5, 0.6) is 11.5 Å². The lowest BCUT2D eigenvalue weighted by molar-refractivity contribution is -0.0352. The fourth-order valence-electron chi connectivity index (χ4n) is 7.00. The van der Waals surface area contributed by atoms with Gasteiger partial charge in [-0.15, -0.1) is 0 Å². The molecule has 1 aromatic carbocycles. The van der Waals surface area contributed by atoms with E-state index in [-0.39, 0.29) is 11.5 Å². The molecular weight excluding hydrogens is 661 g/mol. The minimum absolute atomic E-state index is 0.149. The van der Waals surface area contributed by atoms with Gasteiger partial charge in [0.15, 0.2) is 19.8 Å². The van der Waals surface area contributed by atoms with Gasteiger partial charge in [0.1, 0.15) is 6.10 Å². The molecule has 6 heteroatoms. The Morgan fingerprint density at radius 2 is 1.40 bits per heavy atom. The molecule has 0 fully saturated rings. The van der Waals surface area contributed by atoms with Crippen molar-refractivity contribution in [1.29, 1.82) is 0 Å². The second kappa shape index (κ2) is 24.8. The van der Waals surface area contributed by atoms with Gasteiger partial charge in [0.25, 0.3) is 0 Å². The zero-order valence-corrected chi connectivity index (χ0v) is 37.0. The number of benzene rings is 1. The SMILES string of the molecule is C=C(CC=C(C)CCC=C(C)C)CCC(C)(C)C=CCCC(C)=CCO[C@H](COCc1ccc(OC)c(OC)c1)CO[Si](C(C)C)(C(C)C)C(C)C. The molecule has 0 aliphatic heterocycles. The first-order valence-corrected chi connectivity index (χ1v) is 21.9. The molecule has 0 saturated heterocycles. The normalized spacial score (nSPS) is 13.8. The number of hydrogen-bond acceptors (Lipinski definition) is 5. The standard InChI is InChI=1S/C46H78O5Si/c1-35(2)19-18-21-39(9)22-23-41(11)26-29-46(12,13)28-17-16-20-40(10)27-30-50-43(34-51-52(36(3)4,37(5)6)38(7)8)33-49-32-42-24-25-44(47-14)45(31-42)48-15/h17,19,22,24-25,27-28,31,36-38,43H,11,16,18,20-21,23,26,29-30,32-34H2,1-10,12-15H3/t43-/m1/s1. The maximum Gasteiger partial charge on any atom is 0.200 e. The van der Waals surface area contributed by atoms with E-state index in [4.69, 9.17) is 23.4 Å². The lowest BCUT2D eigenvalue weighted by Crippen LogP contribution is -2.49. The number of methoxy groups -OCH3 is 2. The van der Waals surface area contributed by atoms with Gasteiger partial charge in [-0.05, 0) is 112 Å². The third-order valence-corrected chi connectivity index (χ3v) is 16.3. The predicted octanol–water partition coefficient (Wildman–Crippen LogP) is 13.5. The molecule has 0 heterocycles. The minimum atomic E-state index is -2.04. The van der Waals surface area contributed by atoms with Crippen molar-refractivity contribution < 1.29 is 23.4 Å². The summed E-state index contributed by atoms with van der Waals surface area (Å²) in [6.07, 6.45) is 18.9. The molecule has 296 valence electrons. The first kappa shape index (κ1) is 47.6. The van der Waals surface area contributed by atoms with Gasteiger partial charge in [0, 0.05) is 0 Å². The quantitative estimate of drug-likeness (QED) is 0.0664. The molecule has 52 heavy (non-hydrogen) atoms. The highest BCUT2D eigenvalue weighted by atomic mass is 28.4. The molecule has 1 rings (SSSR count). The summed E-state index contributed by atoms with van der Waals surface area (Å²) in [7, 11) is 1.26. The highest BCUT2D eigenvalue weighted by Gasteiger charge is 2.45. The Labute approximate surface area is 322 Å². The third-order valence-electron chi connectivity index (χ3n) is 10.2. The van der Waals surface area contributed by atoms with Gasteiger partial charge >= 0.3 is 0 Å². The Balaban J connectivity index is 2.75. The van der Waals surface area contributed by atoms with Gasteiger partial charge in [-0.25, -0.2) is 0 Å². The third kappa shape index (κ3) is 18.1. The summed E-state index contributed by atoms with van der Waals surface area (Å²) in [5.74, 6) is 1.41. The van der Waals surface area contributed by atoms with E-state index < -0.39 is 8.32 Å². The Morgan fingerprint density at radius 1 is 0.788 bits per heavy atom. The smallest absolute Gasteiger partial charge is 0.200 e. The van der Waals surface area contributed by atoms with E-state index in [1.54, 1.807) is 14.2 Å². The van der Waals surface area contributed by atoms with Crippen molar-refractivity contribution in [3.05, 3.63) is 83.0 Å². The first-order chi connectivity index (χ1) is 24.5. The van der Waals surface area contributed by atoms with Crippen molar-refractivity contribution in [2.45, 2.75) is 157 Å². The monoisotopic (exact) mass is 739 g/mol. The molecule has 0 bridgehead atoms.